The van der Waals surface area contributed by atoms with E-state index in [1.807, 2.05) is 0 Å². The van der Waals surface area contributed by atoms with Crippen molar-refractivity contribution < 1.29 is 9.90 Å². The Morgan fingerprint density at radius 1 is 1.53 bits per heavy atom. The van der Waals surface area contributed by atoms with Gasteiger partial charge in [-0.3, -0.25) is 4.79 Å². The van der Waals surface area contributed by atoms with E-state index in [1.165, 1.54) is 0 Å². The third kappa shape index (κ3) is 5.04. The van der Waals surface area contributed by atoms with Crippen molar-refractivity contribution in [2.45, 2.75) is 52.1 Å². The van der Waals surface area contributed by atoms with E-state index < -0.39 is 0 Å². The van der Waals surface area contributed by atoms with Crippen LogP contribution in [0.4, 0.5) is 0 Å². The van der Waals surface area contributed by atoms with E-state index >= 15 is 0 Å². The zero-order valence-corrected chi connectivity index (χ0v) is 11.2. The molecule has 4 heteroatoms. The smallest absolute Gasteiger partial charge is 0.237 e. The molecule has 1 saturated heterocycles. The highest BCUT2D eigenvalue weighted by Gasteiger charge is 2.26. The molecular weight excluding hydrogens is 216 g/mol. The number of rotatable bonds is 5. The van der Waals surface area contributed by atoms with Gasteiger partial charge in [0.05, 0.1) is 18.7 Å². The third-order valence-electron chi connectivity index (χ3n) is 3.31. The number of hydrogen-bond donors (Lipinski definition) is 3. The summed E-state index contributed by atoms with van der Waals surface area (Å²) in [5.41, 5.74) is 0. The normalized spacial score (nSPS) is 26.9. The molecule has 17 heavy (non-hydrogen) atoms. The first-order valence-corrected chi connectivity index (χ1v) is 6.67. The Hall–Kier alpha value is -0.610. The van der Waals surface area contributed by atoms with Crippen LogP contribution in [0, 0.1) is 11.8 Å². The molecule has 0 radical (unpaired) electrons. The number of aliphatic hydroxyl groups excluding tert-OH is 1. The first-order chi connectivity index (χ1) is 8.02. The molecule has 0 spiro atoms. The Morgan fingerprint density at radius 3 is 2.76 bits per heavy atom. The standard InChI is InChI=1S/C13H26N2O2/c1-9(2)6-11(8-16)15-13(17)12-7-10(3)4-5-14-12/h9-12,14,16H,4-8H2,1-3H3,(H,15,17). The summed E-state index contributed by atoms with van der Waals surface area (Å²) < 4.78 is 0. The van der Waals surface area contributed by atoms with E-state index in [4.69, 9.17) is 0 Å². The Kier molecular flexibility index (Phi) is 5.92. The molecule has 0 bridgehead atoms. The van der Waals surface area contributed by atoms with Gasteiger partial charge >= 0.3 is 0 Å². The summed E-state index contributed by atoms with van der Waals surface area (Å²) in [4.78, 5) is 12.0. The lowest BCUT2D eigenvalue weighted by molar-refractivity contribution is -0.125. The van der Waals surface area contributed by atoms with Crippen LogP contribution >= 0.6 is 0 Å². The number of hydrogen-bond acceptors (Lipinski definition) is 3. The van der Waals surface area contributed by atoms with Gasteiger partial charge in [-0.2, -0.15) is 0 Å². The molecule has 1 aliphatic heterocycles. The Morgan fingerprint density at radius 2 is 2.24 bits per heavy atom. The molecule has 1 amide bonds. The molecule has 1 rings (SSSR count). The summed E-state index contributed by atoms with van der Waals surface area (Å²) in [6, 6.07) is -0.193. The summed E-state index contributed by atoms with van der Waals surface area (Å²) >= 11 is 0. The van der Waals surface area contributed by atoms with Crippen molar-refractivity contribution in [3.05, 3.63) is 0 Å². The zero-order chi connectivity index (χ0) is 12.8. The highest BCUT2D eigenvalue weighted by atomic mass is 16.3. The summed E-state index contributed by atoms with van der Waals surface area (Å²) in [6.07, 6.45) is 2.86. The Labute approximate surface area is 104 Å². The highest BCUT2D eigenvalue weighted by molar-refractivity contribution is 5.82. The van der Waals surface area contributed by atoms with Gasteiger partial charge in [-0.25, -0.2) is 0 Å². The van der Waals surface area contributed by atoms with Crippen LogP contribution in [0.2, 0.25) is 0 Å². The van der Waals surface area contributed by atoms with E-state index in [1.54, 1.807) is 0 Å². The number of carbonyl (C=O) groups is 1. The second-order valence-corrected chi connectivity index (χ2v) is 5.65. The monoisotopic (exact) mass is 242 g/mol. The lowest BCUT2D eigenvalue weighted by Crippen LogP contribution is -2.51. The van der Waals surface area contributed by atoms with Crippen molar-refractivity contribution in [1.82, 2.24) is 10.6 Å². The predicted octanol–water partition coefficient (Wildman–Crippen LogP) is 0.898. The zero-order valence-electron chi connectivity index (χ0n) is 11.2. The molecule has 3 N–H and O–H groups in total. The van der Waals surface area contributed by atoms with Crippen LogP contribution in [0.3, 0.4) is 0 Å². The summed E-state index contributed by atoms with van der Waals surface area (Å²) in [7, 11) is 0. The molecule has 0 aliphatic carbocycles. The van der Waals surface area contributed by atoms with Crippen LogP contribution in [0.25, 0.3) is 0 Å². The van der Waals surface area contributed by atoms with Crippen molar-refractivity contribution in [1.29, 1.82) is 0 Å². The fraction of sp³-hybridized carbons (Fsp3) is 0.923. The van der Waals surface area contributed by atoms with Crippen molar-refractivity contribution in [3.8, 4) is 0 Å². The van der Waals surface area contributed by atoms with Gasteiger partial charge in [-0.15, -0.1) is 0 Å². The minimum atomic E-state index is -0.110. The van der Waals surface area contributed by atoms with E-state index in [0.29, 0.717) is 11.8 Å². The average Bonchev–Trinajstić information content (AvgIpc) is 2.27. The lowest BCUT2D eigenvalue weighted by atomic mass is 9.93. The van der Waals surface area contributed by atoms with Crippen molar-refractivity contribution in [2.75, 3.05) is 13.2 Å². The van der Waals surface area contributed by atoms with Crippen LogP contribution in [0.1, 0.15) is 40.0 Å². The quantitative estimate of drug-likeness (QED) is 0.671. The lowest BCUT2D eigenvalue weighted by Gasteiger charge is -2.29. The minimum absolute atomic E-state index is 0.0200. The molecule has 0 aromatic rings. The van der Waals surface area contributed by atoms with Crippen LogP contribution in [0.5, 0.6) is 0 Å². The number of nitrogens with one attached hydrogen (secondary N) is 2. The Balaban J connectivity index is 2.40. The summed E-state index contributed by atoms with van der Waals surface area (Å²) in [6.45, 7) is 7.30. The summed E-state index contributed by atoms with van der Waals surface area (Å²) in [5.74, 6) is 1.12. The van der Waals surface area contributed by atoms with Gasteiger partial charge in [0.2, 0.25) is 5.91 Å². The average molecular weight is 242 g/mol. The molecule has 0 saturated carbocycles. The molecule has 0 aromatic heterocycles. The van der Waals surface area contributed by atoms with Gasteiger partial charge in [0.15, 0.2) is 0 Å². The maximum Gasteiger partial charge on any atom is 0.237 e. The molecule has 3 unspecified atom stereocenters. The molecule has 4 nitrogen and oxygen atoms in total. The van der Waals surface area contributed by atoms with Crippen molar-refractivity contribution in [2.24, 2.45) is 11.8 Å². The molecule has 1 fully saturated rings. The van der Waals surface area contributed by atoms with Crippen molar-refractivity contribution >= 4 is 5.91 Å². The minimum Gasteiger partial charge on any atom is -0.394 e. The van der Waals surface area contributed by atoms with Gasteiger partial charge in [0, 0.05) is 0 Å². The van der Waals surface area contributed by atoms with Crippen LogP contribution in [-0.2, 0) is 4.79 Å². The fourth-order valence-corrected chi connectivity index (χ4v) is 2.36. The molecule has 1 aliphatic rings. The van der Waals surface area contributed by atoms with E-state index in [9.17, 15) is 9.90 Å². The highest BCUT2D eigenvalue weighted by Crippen LogP contribution is 2.15. The van der Waals surface area contributed by atoms with Gasteiger partial charge in [-0.05, 0) is 37.6 Å². The Bertz CT molecular complexity index is 244. The molecule has 3 atom stereocenters. The van der Waals surface area contributed by atoms with Gasteiger partial charge in [0.1, 0.15) is 0 Å². The molecule has 100 valence electrons. The topological polar surface area (TPSA) is 61.4 Å². The molecule has 1 heterocycles. The number of piperidine rings is 1. The maximum absolute atomic E-state index is 12.0. The van der Waals surface area contributed by atoms with E-state index in [-0.39, 0.29) is 24.6 Å². The molecule has 0 aromatic carbocycles. The van der Waals surface area contributed by atoms with Gasteiger partial charge < -0.3 is 15.7 Å². The maximum atomic E-state index is 12.0. The second kappa shape index (κ2) is 6.97. The summed E-state index contributed by atoms with van der Waals surface area (Å²) in [5, 5.41) is 15.4. The SMILES string of the molecule is CC(C)CC(CO)NC(=O)C1CC(C)CCN1. The van der Waals surface area contributed by atoms with E-state index in [0.717, 1.165) is 25.8 Å². The van der Waals surface area contributed by atoms with Gasteiger partial charge in [0.25, 0.3) is 0 Å². The van der Waals surface area contributed by atoms with Crippen LogP contribution in [0.15, 0.2) is 0 Å². The fourth-order valence-electron chi connectivity index (χ4n) is 2.36. The first-order valence-electron chi connectivity index (χ1n) is 6.67. The number of carbonyl (C=O) groups excluding carboxylic acids is 1. The van der Waals surface area contributed by atoms with Gasteiger partial charge in [-0.1, -0.05) is 20.8 Å². The largest absolute Gasteiger partial charge is 0.394 e. The number of aliphatic hydroxyl groups is 1. The van der Waals surface area contributed by atoms with Crippen LogP contribution < -0.4 is 10.6 Å². The predicted molar refractivity (Wildman–Crippen MR) is 68.7 cm³/mol. The van der Waals surface area contributed by atoms with E-state index in [2.05, 4.69) is 31.4 Å². The molecular formula is C13H26N2O2. The number of amides is 1. The second-order valence-electron chi connectivity index (χ2n) is 5.65. The first kappa shape index (κ1) is 14.5. The van der Waals surface area contributed by atoms with Crippen LogP contribution in [-0.4, -0.2) is 36.2 Å². The van der Waals surface area contributed by atoms with Crippen molar-refractivity contribution in [3.63, 3.8) is 0 Å². The third-order valence-corrected chi connectivity index (χ3v) is 3.31.